The van der Waals surface area contributed by atoms with Crippen LogP contribution in [0.25, 0.3) is 0 Å². The molecule has 0 atom stereocenters. The molecule has 20 heavy (non-hydrogen) atoms. The van der Waals surface area contributed by atoms with Crippen LogP contribution in [0.5, 0.6) is 0 Å². The van der Waals surface area contributed by atoms with E-state index in [4.69, 9.17) is 0 Å². The van der Waals surface area contributed by atoms with Crippen LogP contribution in [-0.4, -0.2) is 23.7 Å². The third kappa shape index (κ3) is 4.81. The minimum absolute atomic E-state index is 0.157. The van der Waals surface area contributed by atoms with Gasteiger partial charge in [-0.15, -0.1) is 0 Å². The van der Waals surface area contributed by atoms with E-state index in [1.54, 1.807) is 30.7 Å². The van der Waals surface area contributed by atoms with Crippen molar-refractivity contribution >= 4 is 33.7 Å². The van der Waals surface area contributed by atoms with Crippen molar-refractivity contribution < 1.29 is 4.79 Å². The predicted molar refractivity (Wildman–Crippen MR) is 82.6 cm³/mol. The Morgan fingerprint density at radius 1 is 1.30 bits per heavy atom. The third-order valence-corrected chi connectivity index (χ3v) is 2.88. The second kappa shape index (κ2) is 7.40. The lowest BCUT2D eigenvalue weighted by Gasteiger charge is -2.05. The van der Waals surface area contributed by atoms with Crippen LogP contribution in [-0.2, 0) is 4.79 Å². The zero-order valence-electron chi connectivity index (χ0n) is 10.6. The lowest BCUT2D eigenvalue weighted by atomic mass is 10.3. The van der Waals surface area contributed by atoms with Crippen LogP contribution in [0.2, 0.25) is 0 Å². The van der Waals surface area contributed by atoms with Gasteiger partial charge in [0.2, 0.25) is 0 Å². The summed E-state index contributed by atoms with van der Waals surface area (Å²) in [6.07, 6.45) is 4.90. The Bertz CT molecular complexity index is 601. The Labute approximate surface area is 125 Å². The van der Waals surface area contributed by atoms with Crippen molar-refractivity contribution in [2.24, 2.45) is 5.10 Å². The van der Waals surface area contributed by atoms with Crippen molar-refractivity contribution in [1.29, 1.82) is 0 Å². The van der Waals surface area contributed by atoms with E-state index < -0.39 is 0 Å². The number of amides is 1. The molecule has 0 unspecified atom stereocenters. The average Bonchev–Trinajstić information content (AvgIpc) is 2.46. The van der Waals surface area contributed by atoms with Gasteiger partial charge in [-0.2, -0.15) is 5.10 Å². The molecule has 0 fully saturated rings. The van der Waals surface area contributed by atoms with E-state index in [0.717, 1.165) is 15.7 Å². The minimum atomic E-state index is -0.213. The van der Waals surface area contributed by atoms with Gasteiger partial charge in [0.25, 0.3) is 5.91 Å². The monoisotopic (exact) mass is 332 g/mol. The first kappa shape index (κ1) is 14.2. The van der Waals surface area contributed by atoms with Gasteiger partial charge in [0.15, 0.2) is 0 Å². The maximum Gasteiger partial charge on any atom is 0.259 e. The number of nitrogens with zero attached hydrogens (tertiary/aromatic N) is 2. The number of hydrogen-bond acceptors (Lipinski definition) is 4. The molecule has 0 bridgehead atoms. The van der Waals surface area contributed by atoms with Crippen LogP contribution in [0, 0.1) is 0 Å². The number of carbonyl (C=O) groups is 1. The number of nitrogens with one attached hydrogen (secondary N) is 2. The average molecular weight is 333 g/mol. The predicted octanol–water partition coefficient (Wildman–Crippen LogP) is 2.41. The molecule has 0 radical (unpaired) electrons. The van der Waals surface area contributed by atoms with Gasteiger partial charge < -0.3 is 5.32 Å². The Morgan fingerprint density at radius 2 is 2.10 bits per heavy atom. The van der Waals surface area contributed by atoms with Crippen molar-refractivity contribution in [3.05, 3.63) is 58.8 Å². The first-order valence-electron chi connectivity index (χ1n) is 5.95. The van der Waals surface area contributed by atoms with E-state index in [1.165, 1.54) is 0 Å². The van der Waals surface area contributed by atoms with Crippen LogP contribution < -0.4 is 10.7 Å². The number of rotatable bonds is 5. The summed E-state index contributed by atoms with van der Waals surface area (Å²) in [4.78, 5) is 15.5. The highest BCUT2D eigenvalue weighted by Gasteiger charge is 1.99. The van der Waals surface area contributed by atoms with E-state index in [0.29, 0.717) is 0 Å². The molecule has 6 heteroatoms. The standard InChI is InChI=1S/C14H13BrN4O/c15-12-2-1-3-13(8-12)17-10-14(20)19-18-9-11-4-6-16-7-5-11/h1-9,17H,10H2,(H,19,20). The summed E-state index contributed by atoms with van der Waals surface area (Å²) in [5, 5.41) is 6.88. The number of anilines is 1. The normalized spacial score (nSPS) is 10.4. The largest absolute Gasteiger partial charge is 0.376 e. The Balaban J connectivity index is 1.77. The van der Waals surface area contributed by atoms with Gasteiger partial charge in [0, 0.05) is 22.6 Å². The molecule has 0 aliphatic carbocycles. The van der Waals surface area contributed by atoms with Crippen LogP contribution in [0.4, 0.5) is 5.69 Å². The topological polar surface area (TPSA) is 66.4 Å². The van der Waals surface area contributed by atoms with Gasteiger partial charge in [0.05, 0.1) is 12.8 Å². The van der Waals surface area contributed by atoms with Crippen molar-refractivity contribution in [2.45, 2.75) is 0 Å². The molecule has 0 saturated heterocycles. The van der Waals surface area contributed by atoms with E-state index in [2.05, 4.69) is 36.8 Å². The van der Waals surface area contributed by atoms with Crippen LogP contribution in [0.3, 0.4) is 0 Å². The first-order valence-corrected chi connectivity index (χ1v) is 6.75. The zero-order valence-corrected chi connectivity index (χ0v) is 12.2. The maximum atomic E-state index is 11.6. The molecule has 1 aromatic heterocycles. The van der Waals surface area contributed by atoms with Crippen molar-refractivity contribution in [3.8, 4) is 0 Å². The first-order chi connectivity index (χ1) is 9.74. The SMILES string of the molecule is O=C(CNc1cccc(Br)c1)NN=Cc1ccncc1. The molecule has 5 nitrogen and oxygen atoms in total. The van der Waals surface area contributed by atoms with Crippen LogP contribution >= 0.6 is 15.9 Å². The van der Waals surface area contributed by atoms with Gasteiger partial charge in [-0.3, -0.25) is 9.78 Å². The molecule has 1 aromatic carbocycles. The molecule has 102 valence electrons. The van der Waals surface area contributed by atoms with E-state index in [9.17, 15) is 4.79 Å². The zero-order chi connectivity index (χ0) is 14.2. The van der Waals surface area contributed by atoms with Gasteiger partial charge in [-0.25, -0.2) is 5.43 Å². The summed E-state index contributed by atoms with van der Waals surface area (Å²) in [5.74, 6) is -0.213. The number of hydrogen-bond donors (Lipinski definition) is 2. The van der Waals surface area contributed by atoms with Crippen LogP contribution in [0.1, 0.15) is 5.56 Å². The van der Waals surface area contributed by atoms with E-state index in [-0.39, 0.29) is 12.5 Å². The summed E-state index contributed by atoms with van der Waals surface area (Å²) in [6, 6.07) is 11.2. The highest BCUT2D eigenvalue weighted by Crippen LogP contribution is 2.14. The van der Waals surface area contributed by atoms with E-state index in [1.807, 2.05) is 24.3 Å². The van der Waals surface area contributed by atoms with Gasteiger partial charge in [-0.05, 0) is 35.9 Å². The summed E-state index contributed by atoms with van der Waals surface area (Å²) in [6.45, 7) is 0.157. The second-order valence-electron chi connectivity index (χ2n) is 3.94. The van der Waals surface area contributed by atoms with Gasteiger partial charge in [-0.1, -0.05) is 22.0 Å². The minimum Gasteiger partial charge on any atom is -0.376 e. The quantitative estimate of drug-likeness (QED) is 0.652. The summed E-state index contributed by atoms with van der Waals surface area (Å²) >= 11 is 3.37. The lowest BCUT2D eigenvalue weighted by Crippen LogP contribution is -2.25. The van der Waals surface area contributed by atoms with Crippen LogP contribution in [0.15, 0.2) is 58.4 Å². The van der Waals surface area contributed by atoms with Gasteiger partial charge >= 0.3 is 0 Å². The number of carbonyl (C=O) groups excluding carboxylic acids is 1. The highest BCUT2D eigenvalue weighted by molar-refractivity contribution is 9.10. The molecule has 2 N–H and O–H groups in total. The van der Waals surface area contributed by atoms with Crippen molar-refractivity contribution in [1.82, 2.24) is 10.4 Å². The maximum absolute atomic E-state index is 11.6. The molecular weight excluding hydrogens is 320 g/mol. The molecular formula is C14H13BrN4O. The fourth-order valence-corrected chi connectivity index (χ4v) is 1.85. The Kier molecular flexibility index (Phi) is 5.25. The molecule has 1 heterocycles. The van der Waals surface area contributed by atoms with E-state index >= 15 is 0 Å². The van der Waals surface area contributed by atoms with Gasteiger partial charge in [0.1, 0.15) is 0 Å². The molecule has 0 saturated carbocycles. The molecule has 0 aliphatic rings. The molecule has 0 spiro atoms. The number of pyridine rings is 1. The number of benzene rings is 1. The summed E-state index contributed by atoms with van der Waals surface area (Å²) in [5.41, 5.74) is 4.20. The summed E-state index contributed by atoms with van der Waals surface area (Å²) in [7, 11) is 0. The number of hydrazone groups is 1. The molecule has 0 aliphatic heterocycles. The Morgan fingerprint density at radius 3 is 2.85 bits per heavy atom. The smallest absolute Gasteiger partial charge is 0.259 e. The third-order valence-electron chi connectivity index (χ3n) is 2.39. The Hall–Kier alpha value is -2.21. The number of halogens is 1. The number of aromatic nitrogens is 1. The fraction of sp³-hybridized carbons (Fsp3) is 0.0714. The van der Waals surface area contributed by atoms with Crippen molar-refractivity contribution in [2.75, 3.05) is 11.9 Å². The second-order valence-corrected chi connectivity index (χ2v) is 4.85. The highest BCUT2D eigenvalue weighted by atomic mass is 79.9. The van der Waals surface area contributed by atoms with Crippen molar-refractivity contribution in [3.63, 3.8) is 0 Å². The summed E-state index contributed by atoms with van der Waals surface area (Å²) < 4.78 is 0.957. The molecule has 1 amide bonds. The molecule has 2 aromatic rings. The lowest BCUT2D eigenvalue weighted by molar-refractivity contribution is -0.119. The fourth-order valence-electron chi connectivity index (χ4n) is 1.45. The molecule has 2 rings (SSSR count).